The van der Waals surface area contributed by atoms with Gasteiger partial charge >= 0.3 is 6.36 Å². The summed E-state index contributed by atoms with van der Waals surface area (Å²) in [5, 5.41) is 0. The van der Waals surface area contributed by atoms with Crippen LogP contribution < -0.4 is 19.9 Å². The molecule has 0 aliphatic rings. The maximum Gasteiger partial charge on any atom is 0.573 e. The zero-order chi connectivity index (χ0) is 15.5. The molecule has 0 atom stereocenters. The monoisotopic (exact) mass is 301 g/mol. The molecule has 0 radical (unpaired) electrons. The molecule has 2 rings (SSSR count). The molecule has 0 aliphatic heterocycles. The predicted octanol–water partition coefficient (Wildman–Crippen LogP) is 2.76. The first-order chi connectivity index (χ1) is 9.85. The summed E-state index contributed by atoms with van der Waals surface area (Å²) < 4.78 is 50.0. The molecule has 0 spiro atoms. The van der Waals surface area contributed by atoms with Crippen LogP contribution in [0.4, 0.5) is 19.1 Å². The summed E-state index contributed by atoms with van der Waals surface area (Å²) in [5.74, 6) is 0.152. The molecule has 0 unspecified atom stereocenters. The van der Waals surface area contributed by atoms with Crippen molar-refractivity contribution in [3.8, 4) is 23.3 Å². The highest BCUT2D eigenvalue weighted by molar-refractivity contribution is 5.36. The second-order valence-corrected chi connectivity index (χ2v) is 3.73. The third kappa shape index (κ3) is 4.41. The van der Waals surface area contributed by atoms with Crippen molar-refractivity contribution in [1.29, 1.82) is 0 Å². The van der Waals surface area contributed by atoms with Gasteiger partial charge in [0, 0.05) is 0 Å². The fraction of sp³-hybridized carbons (Fsp3) is 0.167. The van der Waals surface area contributed by atoms with E-state index in [4.69, 9.17) is 15.2 Å². The number of hydrogen-bond donors (Lipinski definition) is 1. The molecule has 112 valence electrons. The minimum atomic E-state index is -4.74. The predicted molar refractivity (Wildman–Crippen MR) is 66.2 cm³/mol. The fourth-order valence-corrected chi connectivity index (χ4v) is 1.41. The van der Waals surface area contributed by atoms with Crippen molar-refractivity contribution in [2.24, 2.45) is 0 Å². The first-order valence-corrected chi connectivity index (χ1v) is 5.58. The Morgan fingerprint density at radius 2 is 1.57 bits per heavy atom. The lowest BCUT2D eigenvalue weighted by Gasteiger charge is -2.10. The first-order valence-electron chi connectivity index (χ1n) is 5.58. The topological polar surface area (TPSA) is 79.5 Å². The van der Waals surface area contributed by atoms with Crippen molar-refractivity contribution in [1.82, 2.24) is 9.97 Å². The number of benzene rings is 1. The van der Waals surface area contributed by atoms with Crippen molar-refractivity contribution in [2.45, 2.75) is 6.36 Å². The molecular formula is C12H10F3N3O3. The molecule has 2 aromatic rings. The number of rotatable bonds is 4. The van der Waals surface area contributed by atoms with Crippen molar-refractivity contribution >= 4 is 5.95 Å². The van der Waals surface area contributed by atoms with E-state index < -0.39 is 6.36 Å². The van der Waals surface area contributed by atoms with E-state index in [0.29, 0.717) is 0 Å². The van der Waals surface area contributed by atoms with Crippen LogP contribution in [0, 0.1) is 0 Å². The lowest BCUT2D eigenvalue weighted by atomic mass is 10.3. The normalized spacial score (nSPS) is 11.0. The van der Waals surface area contributed by atoms with Crippen molar-refractivity contribution in [3.05, 3.63) is 30.3 Å². The van der Waals surface area contributed by atoms with Crippen LogP contribution in [-0.2, 0) is 0 Å². The number of hydrogen-bond acceptors (Lipinski definition) is 6. The molecule has 21 heavy (non-hydrogen) atoms. The summed E-state index contributed by atoms with van der Waals surface area (Å²) in [6.07, 6.45) is -4.74. The Labute approximate surface area is 117 Å². The number of nitrogens with zero attached hydrogens (tertiary/aromatic N) is 2. The molecule has 1 heterocycles. The van der Waals surface area contributed by atoms with Gasteiger partial charge in [0.2, 0.25) is 17.7 Å². The van der Waals surface area contributed by atoms with Crippen LogP contribution in [0.25, 0.3) is 0 Å². The average Bonchev–Trinajstić information content (AvgIpc) is 2.38. The minimum absolute atomic E-state index is 0.0543. The maximum absolute atomic E-state index is 12.0. The number of anilines is 1. The molecule has 0 fully saturated rings. The van der Waals surface area contributed by atoms with E-state index >= 15 is 0 Å². The van der Waals surface area contributed by atoms with Gasteiger partial charge in [-0.15, -0.1) is 13.2 Å². The van der Waals surface area contributed by atoms with Crippen LogP contribution in [0.3, 0.4) is 0 Å². The van der Waals surface area contributed by atoms with Gasteiger partial charge in [0.1, 0.15) is 11.5 Å². The van der Waals surface area contributed by atoms with Crippen LogP contribution in [0.2, 0.25) is 0 Å². The van der Waals surface area contributed by atoms with Crippen LogP contribution in [0.1, 0.15) is 0 Å². The van der Waals surface area contributed by atoms with E-state index in [1.165, 1.54) is 25.3 Å². The van der Waals surface area contributed by atoms with Crippen LogP contribution in [0.15, 0.2) is 30.3 Å². The van der Waals surface area contributed by atoms with Crippen molar-refractivity contribution in [3.63, 3.8) is 0 Å². The molecule has 0 bridgehead atoms. The van der Waals surface area contributed by atoms with Gasteiger partial charge in [-0.3, -0.25) is 0 Å². The fourth-order valence-electron chi connectivity index (χ4n) is 1.41. The Kier molecular flexibility index (Phi) is 4.01. The maximum atomic E-state index is 12.0. The molecule has 1 aromatic carbocycles. The van der Waals surface area contributed by atoms with Gasteiger partial charge in [-0.05, 0) is 24.3 Å². The third-order valence-electron chi connectivity index (χ3n) is 2.19. The SMILES string of the molecule is COc1cc(Oc2ccc(OC(F)(F)F)cc2)nc(N)n1. The largest absolute Gasteiger partial charge is 0.573 e. The quantitative estimate of drug-likeness (QED) is 0.935. The zero-order valence-electron chi connectivity index (χ0n) is 10.7. The molecule has 9 heteroatoms. The van der Waals surface area contributed by atoms with Gasteiger partial charge in [-0.25, -0.2) is 0 Å². The summed E-state index contributed by atoms with van der Waals surface area (Å²) in [7, 11) is 1.40. The number of methoxy groups -OCH3 is 1. The van der Waals surface area contributed by atoms with E-state index in [1.54, 1.807) is 0 Å². The summed E-state index contributed by atoms with van der Waals surface area (Å²) in [4.78, 5) is 7.58. The average molecular weight is 301 g/mol. The van der Waals surface area contributed by atoms with Gasteiger partial charge in [0.15, 0.2) is 0 Å². The second-order valence-electron chi connectivity index (χ2n) is 3.73. The third-order valence-corrected chi connectivity index (χ3v) is 2.19. The van der Waals surface area contributed by atoms with E-state index in [1.807, 2.05) is 0 Å². The number of nitrogens with two attached hydrogens (primary N) is 1. The van der Waals surface area contributed by atoms with E-state index in [0.717, 1.165) is 12.1 Å². The molecule has 6 nitrogen and oxygen atoms in total. The Balaban J connectivity index is 2.11. The Morgan fingerprint density at radius 3 is 2.14 bits per heavy atom. The van der Waals surface area contributed by atoms with Gasteiger partial charge in [-0.2, -0.15) is 9.97 Å². The molecule has 0 aliphatic carbocycles. The smallest absolute Gasteiger partial charge is 0.481 e. The van der Waals surface area contributed by atoms with Gasteiger partial charge in [0.25, 0.3) is 0 Å². The number of alkyl halides is 3. The van der Waals surface area contributed by atoms with E-state index in [-0.39, 0.29) is 29.2 Å². The first kappa shape index (κ1) is 14.7. The van der Waals surface area contributed by atoms with Gasteiger partial charge in [-0.1, -0.05) is 0 Å². The number of ether oxygens (including phenoxy) is 3. The van der Waals surface area contributed by atoms with Crippen molar-refractivity contribution < 1.29 is 27.4 Å². The molecule has 0 saturated heterocycles. The molecule has 0 saturated carbocycles. The summed E-state index contributed by atoms with van der Waals surface area (Å²) in [5.41, 5.74) is 5.45. The number of aromatic nitrogens is 2. The van der Waals surface area contributed by atoms with Gasteiger partial charge in [0.05, 0.1) is 13.2 Å². The van der Waals surface area contributed by atoms with E-state index in [9.17, 15) is 13.2 Å². The van der Waals surface area contributed by atoms with Crippen molar-refractivity contribution in [2.75, 3.05) is 12.8 Å². The highest BCUT2D eigenvalue weighted by Crippen LogP contribution is 2.27. The molecule has 2 N–H and O–H groups in total. The molecule has 0 amide bonds. The minimum Gasteiger partial charge on any atom is -0.481 e. The standard InChI is InChI=1S/C12H10F3N3O3/c1-19-9-6-10(18-11(16)17-9)20-7-2-4-8(5-3-7)21-12(13,14)15/h2-6H,1H3,(H2,16,17,18). The Hall–Kier alpha value is -2.71. The number of halogens is 3. The highest BCUT2D eigenvalue weighted by Gasteiger charge is 2.30. The second kappa shape index (κ2) is 5.73. The lowest BCUT2D eigenvalue weighted by molar-refractivity contribution is -0.274. The highest BCUT2D eigenvalue weighted by atomic mass is 19.4. The number of nitrogen functional groups attached to an aromatic ring is 1. The Morgan fingerprint density at radius 1 is 1.00 bits per heavy atom. The lowest BCUT2D eigenvalue weighted by Crippen LogP contribution is -2.16. The molecular weight excluding hydrogens is 291 g/mol. The Bertz CT molecular complexity index is 617. The van der Waals surface area contributed by atoms with Crippen LogP contribution >= 0.6 is 0 Å². The van der Waals surface area contributed by atoms with Crippen LogP contribution in [-0.4, -0.2) is 23.4 Å². The van der Waals surface area contributed by atoms with Crippen LogP contribution in [0.5, 0.6) is 23.3 Å². The summed E-state index contributed by atoms with van der Waals surface area (Å²) in [6, 6.07) is 6.21. The summed E-state index contributed by atoms with van der Waals surface area (Å²) in [6.45, 7) is 0. The van der Waals surface area contributed by atoms with E-state index in [2.05, 4.69) is 14.7 Å². The summed E-state index contributed by atoms with van der Waals surface area (Å²) >= 11 is 0. The van der Waals surface area contributed by atoms with Gasteiger partial charge < -0.3 is 19.9 Å². The molecule has 1 aromatic heterocycles. The zero-order valence-corrected chi connectivity index (χ0v) is 10.7.